The van der Waals surface area contributed by atoms with Crippen LogP contribution in [0.25, 0.3) is 0 Å². The molecule has 1 heterocycles. The van der Waals surface area contributed by atoms with Gasteiger partial charge in [-0.3, -0.25) is 4.79 Å². The van der Waals surface area contributed by atoms with Crippen LogP contribution in [-0.4, -0.2) is 58.6 Å². The van der Waals surface area contributed by atoms with Crippen molar-refractivity contribution in [2.24, 2.45) is 5.92 Å². The summed E-state index contributed by atoms with van der Waals surface area (Å²) in [5.74, 6) is 0.697. The number of nitrogens with zero attached hydrogens (tertiary/aromatic N) is 2. The quantitative estimate of drug-likeness (QED) is 0.804. The van der Waals surface area contributed by atoms with Crippen molar-refractivity contribution in [2.75, 3.05) is 32.7 Å². The number of aliphatic hydroxyl groups excluding tert-OH is 1. The van der Waals surface area contributed by atoms with Crippen LogP contribution in [0.4, 0.5) is 0 Å². The van der Waals surface area contributed by atoms with E-state index in [4.69, 9.17) is 0 Å². The normalized spacial score (nSPS) is 17.6. The van der Waals surface area contributed by atoms with Gasteiger partial charge < -0.3 is 20.0 Å². The monoisotopic (exact) mass is 334 g/mol. The predicted octanol–water partition coefficient (Wildman–Crippen LogP) is 2.40. The molecule has 2 N–H and O–H groups in total. The number of benzene rings is 1. The van der Waals surface area contributed by atoms with Crippen LogP contribution in [-0.2, 0) is 4.79 Å². The number of phenolic OH excluding ortho intramolecular Hbond substituents is 1. The standard InChI is InChI=1S/C19H30N2O3/c1-3-20-10-8-15(9-11-20)12-19(24)21(4-2)14-18(23)16-6-5-7-17(22)13-16/h5-7,13,15,18,22-23H,3-4,8-12,14H2,1-2H3/t18-/m1/s1. The zero-order chi connectivity index (χ0) is 17.5. The molecule has 0 aromatic heterocycles. The molecule has 1 aromatic carbocycles. The fourth-order valence-corrected chi connectivity index (χ4v) is 3.34. The fourth-order valence-electron chi connectivity index (χ4n) is 3.34. The topological polar surface area (TPSA) is 64.0 Å². The molecule has 134 valence electrons. The molecular weight excluding hydrogens is 304 g/mol. The van der Waals surface area contributed by atoms with Crippen LogP contribution in [0.3, 0.4) is 0 Å². The van der Waals surface area contributed by atoms with Crippen LogP contribution in [0, 0.1) is 5.92 Å². The number of phenols is 1. The molecule has 0 unspecified atom stereocenters. The van der Waals surface area contributed by atoms with Crippen molar-refractivity contribution < 1.29 is 15.0 Å². The summed E-state index contributed by atoms with van der Waals surface area (Å²) in [6, 6.07) is 6.59. The molecule has 0 spiro atoms. The summed E-state index contributed by atoms with van der Waals surface area (Å²) in [7, 11) is 0. The number of hydrogen-bond acceptors (Lipinski definition) is 4. The van der Waals surface area contributed by atoms with Gasteiger partial charge in [0.05, 0.1) is 12.6 Å². The number of amides is 1. The Morgan fingerprint density at radius 1 is 1.33 bits per heavy atom. The van der Waals surface area contributed by atoms with E-state index in [1.807, 2.05) is 6.92 Å². The second kappa shape index (κ2) is 9.04. The second-order valence-corrected chi connectivity index (χ2v) is 6.62. The maximum atomic E-state index is 12.6. The maximum absolute atomic E-state index is 12.6. The second-order valence-electron chi connectivity index (χ2n) is 6.62. The molecule has 1 aliphatic heterocycles. The highest BCUT2D eigenvalue weighted by atomic mass is 16.3. The van der Waals surface area contributed by atoms with Gasteiger partial charge in [-0.15, -0.1) is 0 Å². The van der Waals surface area contributed by atoms with Crippen LogP contribution >= 0.6 is 0 Å². The Kier molecular flexibility index (Phi) is 7.06. The molecular formula is C19H30N2O3. The Bertz CT molecular complexity index is 527. The largest absolute Gasteiger partial charge is 0.508 e. The van der Waals surface area contributed by atoms with Crippen LogP contribution in [0.5, 0.6) is 5.75 Å². The summed E-state index contributed by atoms with van der Waals surface area (Å²) in [6.07, 6.45) is 1.94. The molecule has 0 saturated carbocycles. The Morgan fingerprint density at radius 3 is 2.62 bits per heavy atom. The van der Waals surface area contributed by atoms with Crippen LogP contribution in [0.2, 0.25) is 0 Å². The van der Waals surface area contributed by atoms with Gasteiger partial charge in [0, 0.05) is 13.0 Å². The number of aromatic hydroxyl groups is 1. The minimum atomic E-state index is -0.775. The third kappa shape index (κ3) is 5.21. The molecule has 5 heteroatoms. The molecule has 1 amide bonds. The molecule has 0 radical (unpaired) electrons. The number of hydrogen-bond donors (Lipinski definition) is 2. The van der Waals surface area contributed by atoms with Crippen molar-refractivity contribution in [2.45, 2.75) is 39.2 Å². The third-order valence-corrected chi connectivity index (χ3v) is 5.00. The van der Waals surface area contributed by atoms with Gasteiger partial charge in [-0.2, -0.15) is 0 Å². The van der Waals surface area contributed by atoms with Crippen LogP contribution < -0.4 is 0 Å². The smallest absolute Gasteiger partial charge is 0.222 e. The van der Waals surface area contributed by atoms with E-state index in [2.05, 4.69) is 11.8 Å². The zero-order valence-electron chi connectivity index (χ0n) is 14.8. The van der Waals surface area contributed by atoms with Gasteiger partial charge in [0.1, 0.15) is 5.75 Å². The van der Waals surface area contributed by atoms with E-state index in [-0.39, 0.29) is 18.2 Å². The van der Waals surface area contributed by atoms with Gasteiger partial charge >= 0.3 is 0 Å². The lowest BCUT2D eigenvalue weighted by Gasteiger charge is -2.32. The minimum absolute atomic E-state index is 0.117. The summed E-state index contributed by atoms with van der Waals surface area (Å²) in [5, 5.41) is 19.9. The first-order valence-electron chi connectivity index (χ1n) is 9.00. The summed E-state index contributed by atoms with van der Waals surface area (Å²) in [6.45, 7) is 8.20. The number of likely N-dealkylation sites (tertiary alicyclic amines) is 1. The molecule has 0 bridgehead atoms. The van der Waals surface area contributed by atoms with E-state index in [0.717, 1.165) is 32.5 Å². The minimum Gasteiger partial charge on any atom is -0.508 e. The van der Waals surface area contributed by atoms with Gasteiger partial charge in [-0.25, -0.2) is 0 Å². The number of aliphatic hydroxyl groups is 1. The lowest BCUT2D eigenvalue weighted by molar-refractivity contribution is -0.133. The molecule has 1 aromatic rings. The van der Waals surface area contributed by atoms with Crippen LogP contribution in [0.15, 0.2) is 24.3 Å². The fraction of sp³-hybridized carbons (Fsp3) is 0.632. The first-order chi connectivity index (χ1) is 11.5. The Labute approximate surface area is 144 Å². The summed E-state index contributed by atoms with van der Waals surface area (Å²) in [5.41, 5.74) is 0.637. The molecule has 24 heavy (non-hydrogen) atoms. The summed E-state index contributed by atoms with van der Waals surface area (Å²) < 4.78 is 0. The van der Waals surface area contributed by atoms with E-state index in [9.17, 15) is 15.0 Å². The highest BCUT2D eigenvalue weighted by Gasteiger charge is 2.24. The van der Waals surface area contributed by atoms with E-state index < -0.39 is 6.10 Å². The van der Waals surface area contributed by atoms with Gasteiger partial charge in [-0.1, -0.05) is 19.1 Å². The van der Waals surface area contributed by atoms with Crippen molar-refractivity contribution in [1.29, 1.82) is 0 Å². The van der Waals surface area contributed by atoms with Gasteiger partial charge in [0.15, 0.2) is 0 Å². The lowest BCUT2D eigenvalue weighted by atomic mass is 9.93. The summed E-state index contributed by atoms with van der Waals surface area (Å²) >= 11 is 0. The SMILES string of the molecule is CCN1CCC(CC(=O)N(CC)C[C@@H](O)c2cccc(O)c2)CC1. The highest BCUT2D eigenvalue weighted by molar-refractivity contribution is 5.76. The highest BCUT2D eigenvalue weighted by Crippen LogP contribution is 2.23. The number of likely N-dealkylation sites (N-methyl/N-ethyl adjacent to an activating group) is 1. The van der Waals surface area contributed by atoms with E-state index in [1.165, 1.54) is 0 Å². The van der Waals surface area contributed by atoms with Crippen molar-refractivity contribution in [3.63, 3.8) is 0 Å². The predicted molar refractivity (Wildman–Crippen MR) is 94.8 cm³/mol. The van der Waals surface area contributed by atoms with Crippen molar-refractivity contribution >= 4 is 5.91 Å². The average molecular weight is 334 g/mol. The molecule has 1 fully saturated rings. The van der Waals surface area contributed by atoms with E-state index in [1.54, 1.807) is 29.2 Å². The van der Waals surface area contributed by atoms with Gasteiger partial charge in [-0.05, 0) is 63.0 Å². The lowest BCUT2D eigenvalue weighted by Crippen LogP contribution is -2.38. The molecule has 1 saturated heterocycles. The number of carbonyl (C=O) groups is 1. The van der Waals surface area contributed by atoms with Crippen molar-refractivity contribution in [3.05, 3.63) is 29.8 Å². The van der Waals surface area contributed by atoms with Crippen molar-refractivity contribution in [3.8, 4) is 5.75 Å². The molecule has 1 aliphatic rings. The molecule has 1 atom stereocenters. The average Bonchev–Trinajstić information content (AvgIpc) is 2.60. The van der Waals surface area contributed by atoms with Gasteiger partial charge in [0.2, 0.25) is 5.91 Å². The zero-order valence-corrected chi connectivity index (χ0v) is 14.8. The van der Waals surface area contributed by atoms with E-state index in [0.29, 0.717) is 24.4 Å². The first-order valence-corrected chi connectivity index (χ1v) is 9.00. The van der Waals surface area contributed by atoms with Crippen LogP contribution in [0.1, 0.15) is 44.8 Å². The third-order valence-electron chi connectivity index (χ3n) is 5.00. The molecule has 0 aliphatic carbocycles. The Balaban J connectivity index is 1.87. The first kappa shape index (κ1) is 18.7. The number of piperidine rings is 1. The number of rotatable bonds is 7. The van der Waals surface area contributed by atoms with Gasteiger partial charge in [0.25, 0.3) is 0 Å². The van der Waals surface area contributed by atoms with E-state index >= 15 is 0 Å². The Hall–Kier alpha value is -1.59. The summed E-state index contributed by atoms with van der Waals surface area (Å²) in [4.78, 5) is 16.7. The Morgan fingerprint density at radius 2 is 2.04 bits per heavy atom. The van der Waals surface area contributed by atoms with Crippen molar-refractivity contribution in [1.82, 2.24) is 9.80 Å². The molecule has 5 nitrogen and oxygen atoms in total. The molecule has 2 rings (SSSR count). The maximum Gasteiger partial charge on any atom is 0.222 e. The number of carbonyl (C=O) groups excluding carboxylic acids is 1.